The van der Waals surface area contributed by atoms with Crippen molar-refractivity contribution in [2.75, 3.05) is 5.32 Å². The van der Waals surface area contributed by atoms with Gasteiger partial charge in [-0.15, -0.1) is 5.10 Å². The lowest BCUT2D eigenvalue weighted by atomic mass is 10.2. The number of amides is 1. The van der Waals surface area contributed by atoms with Crippen LogP contribution in [-0.2, 0) is 17.0 Å². The summed E-state index contributed by atoms with van der Waals surface area (Å²) in [5.41, 5.74) is 1.63. The van der Waals surface area contributed by atoms with E-state index in [0.717, 1.165) is 11.3 Å². The number of aromatic amines is 1. The smallest absolute Gasteiger partial charge is 0.227 e. The number of H-pyrrole nitrogens is 1. The number of furan rings is 1. The lowest BCUT2D eigenvalue weighted by Gasteiger charge is -2.07. The Morgan fingerprint density at radius 3 is 3.00 bits per heavy atom. The number of hydrogen-bond donors (Lipinski definition) is 2. The first kappa shape index (κ1) is 20.2. The number of nitrogens with one attached hydrogen (secondary N) is 2. The van der Waals surface area contributed by atoms with Crippen molar-refractivity contribution in [3.8, 4) is 11.6 Å². The molecule has 1 amide bonds. The van der Waals surface area contributed by atoms with Crippen molar-refractivity contribution in [3.63, 3.8) is 0 Å². The zero-order valence-electron chi connectivity index (χ0n) is 15.9. The minimum Gasteiger partial charge on any atom is -0.461 e. The first-order valence-corrected chi connectivity index (χ1v) is 10.4. The molecule has 2 N–H and O–H groups in total. The van der Waals surface area contributed by atoms with Crippen LogP contribution in [0.3, 0.4) is 0 Å². The fraction of sp³-hybridized carbons (Fsp3) is 0.211. The lowest BCUT2D eigenvalue weighted by Crippen LogP contribution is -2.13. The van der Waals surface area contributed by atoms with Gasteiger partial charge in [0.2, 0.25) is 17.0 Å². The highest BCUT2D eigenvalue weighted by Gasteiger charge is 2.13. The summed E-state index contributed by atoms with van der Waals surface area (Å²) in [6.07, 6.45) is 2.14. The molecule has 0 aliphatic carbocycles. The highest BCUT2D eigenvalue weighted by atomic mass is 35.5. The lowest BCUT2D eigenvalue weighted by molar-refractivity contribution is -0.116. The molecule has 11 heteroatoms. The Kier molecular flexibility index (Phi) is 6.15. The molecule has 0 unspecified atom stereocenters. The predicted molar refractivity (Wildman–Crippen MR) is 111 cm³/mol. The molecule has 0 bridgehead atoms. The van der Waals surface area contributed by atoms with E-state index in [0.29, 0.717) is 45.7 Å². The minimum atomic E-state index is -0.138. The van der Waals surface area contributed by atoms with Crippen molar-refractivity contribution in [3.05, 3.63) is 58.9 Å². The third kappa shape index (κ3) is 5.08. The van der Waals surface area contributed by atoms with Crippen LogP contribution in [0.5, 0.6) is 0 Å². The molecule has 0 radical (unpaired) electrons. The molecule has 0 fully saturated rings. The van der Waals surface area contributed by atoms with Gasteiger partial charge in [-0.25, -0.2) is 0 Å². The standard InChI is InChI=1S/C19H17ClN6O3S/c1-11-9-12(20)4-5-13(11)21-16(27)6-7-17-22-15(26-29-17)10-30-19-23-18(24-25-19)14-3-2-8-28-14/h2-5,8-9H,6-7,10H2,1H3,(H,21,27)(H,23,24,25). The molecule has 0 aliphatic rings. The number of benzene rings is 1. The molecular formula is C19H17ClN6O3S. The molecule has 154 valence electrons. The van der Waals surface area contributed by atoms with Gasteiger partial charge >= 0.3 is 0 Å². The molecule has 4 rings (SSSR count). The summed E-state index contributed by atoms with van der Waals surface area (Å²) in [5.74, 6) is 2.38. The summed E-state index contributed by atoms with van der Waals surface area (Å²) in [5, 5.41) is 14.9. The normalized spacial score (nSPS) is 11.0. The molecule has 9 nitrogen and oxygen atoms in total. The zero-order valence-corrected chi connectivity index (χ0v) is 17.5. The molecule has 0 saturated heterocycles. The number of aryl methyl sites for hydroxylation is 2. The number of carbonyl (C=O) groups excluding carboxylic acids is 1. The van der Waals surface area contributed by atoms with Gasteiger partial charge in [0.05, 0.1) is 12.0 Å². The Bertz CT molecular complexity index is 1140. The third-order valence-corrected chi connectivity index (χ3v) is 5.17. The average molecular weight is 445 g/mol. The summed E-state index contributed by atoms with van der Waals surface area (Å²) >= 11 is 7.29. The molecule has 0 spiro atoms. The predicted octanol–water partition coefficient (Wildman–Crippen LogP) is 4.27. The van der Waals surface area contributed by atoms with Crippen LogP contribution in [0.25, 0.3) is 11.6 Å². The summed E-state index contributed by atoms with van der Waals surface area (Å²) in [6, 6.07) is 8.88. The Morgan fingerprint density at radius 1 is 1.30 bits per heavy atom. The van der Waals surface area contributed by atoms with E-state index in [2.05, 4.69) is 30.6 Å². The third-order valence-electron chi connectivity index (χ3n) is 4.09. The number of halogens is 1. The second-order valence-corrected chi connectivity index (χ2v) is 7.72. The summed E-state index contributed by atoms with van der Waals surface area (Å²) in [7, 11) is 0. The minimum absolute atomic E-state index is 0.138. The number of anilines is 1. The van der Waals surface area contributed by atoms with E-state index in [9.17, 15) is 4.79 Å². The molecular weight excluding hydrogens is 428 g/mol. The van der Waals surface area contributed by atoms with Crippen LogP contribution in [0.2, 0.25) is 5.02 Å². The number of thioether (sulfide) groups is 1. The number of rotatable bonds is 8. The Labute approximate surface area is 180 Å². The van der Waals surface area contributed by atoms with Crippen molar-refractivity contribution in [2.24, 2.45) is 0 Å². The Balaban J connectivity index is 1.25. The number of hydrogen-bond acceptors (Lipinski definition) is 8. The van der Waals surface area contributed by atoms with Crippen molar-refractivity contribution >= 4 is 35.0 Å². The fourth-order valence-corrected chi connectivity index (χ4v) is 3.48. The highest BCUT2D eigenvalue weighted by Crippen LogP contribution is 2.22. The second-order valence-electron chi connectivity index (χ2n) is 6.34. The number of aromatic nitrogens is 5. The maximum atomic E-state index is 12.2. The first-order valence-electron chi connectivity index (χ1n) is 9.03. The van der Waals surface area contributed by atoms with Crippen LogP contribution < -0.4 is 5.32 Å². The largest absolute Gasteiger partial charge is 0.461 e. The molecule has 3 aromatic heterocycles. The topological polar surface area (TPSA) is 123 Å². The van der Waals surface area contributed by atoms with Crippen molar-refractivity contribution in [1.82, 2.24) is 25.3 Å². The average Bonchev–Trinajstić information content (AvgIpc) is 3.48. The molecule has 4 aromatic rings. The number of nitrogens with zero attached hydrogens (tertiary/aromatic N) is 4. The molecule has 3 heterocycles. The molecule has 0 saturated carbocycles. The van der Waals surface area contributed by atoms with Crippen LogP contribution in [0.15, 0.2) is 50.7 Å². The van der Waals surface area contributed by atoms with E-state index in [4.69, 9.17) is 20.5 Å². The van der Waals surface area contributed by atoms with Crippen LogP contribution in [0, 0.1) is 6.92 Å². The zero-order chi connectivity index (χ0) is 20.9. The van der Waals surface area contributed by atoms with Crippen LogP contribution >= 0.6 is 23.4 Å². The Hall–Kier alpha value is -3.11. The van der Waals surface area contributed by atoms with Gasteiger partial charge in [0.15, 0.2) is 17.4 Å². The number of carbonyl (C=O) groups is 1. The summed E-state index contributed by atoms with van der Waals surface area (Å²) < 4.78 is 10.5. The van der Waals surface area contributed by atoms with Gasteiger partial charge in [-0.2, -0.15) is 9.97 Å². The van der Waals surface area contributed by atoms with E-state index in [1.54, 1.807) is 36.6 Å². The monoisotopic (exact) mass is 444 g/mol. The van der Waals surface area contributed by atoms with Crippen molar-refractivity contribution in [1.29, 1.82) is 0 Å². The quantitative estimate of drug-likeness (QED) is 0.386. The Morgan fingerprint density at radius 2 is 2.20 bits per heavy atom. The van der Waals surface area contributed by atoms with Gasteiger partial charge in [-0.3, -0.25) is 9.89 Å². The maximum Gasteiger partial charge on any atom is 0.227 e. The molecule has 30 heavy (non-hydrogen) atoms. The van der Waals surface area contributed by atoms with Crippen LogP contribution in [0.1, 0.15) is 23.7 Å². The van der Waals surface area contributed by atoms with Gasteiger partial charge in [0.25, 0.3) is 0 Å². The van der Waals surface area contributed by atoms with Gasteiger partial charge in [-0.05, 0) is 42.8 Å². The van der Waals surface area contributed by atoms with Gasteiger partial charge in [0.1, 0.15) is 0 Å². The van der Waals surface area contributed by atoms with E-state index >= 15 is 0 Å². The molecule has 0 atom stereocenters. The second kappa shape index (κ2) is 9.14. The van der Waals surface area contributed by atoms with Crippen LogP contribution in [-0.4, -0.2) is 31.2 Å². The maximum absolute atomic E-state index is 12.2. The van der Waals surface area contributed by atoms with E-state index in [-0.39, 0.29) is 12.3 Å². The van der Waals surface area contributed by atoms with E-state index < -0.39 is 0 Å². The van der Waals surface area contributed by atoms with Gasteiger partial charge < -0.3 is 14.3 Å². The van der Waals surface area contributed by atoms with Gasteiger partial charge in [-0.1, -0.05) is 28.5 Å². The summed E-state index contributed by atoms with van der Waals surface area (Å²) in [4.78, 5) is 20.8. The van der Waals surface area contributed by atoms with Crippen molar-refractivity contribution < 1.29 is 13.7 Å². The van der Waals surface area contributed by atoms with E-state index in [1.165, 1.54) is 11.8 Å². The molecule has 1 aromatic carbocycles. The van der Waals surface area contributed by atoms with Crippen molar-refractivity contribution in [2.45, 2.75) is 30.7 Å². The highest BCUT2D eigenvalue weighted by molar-refractivity contribution is 7.98. The van der Waals surface area contributed by atoms with Crippen LogP contribution in [0.4, 0.5) is 5.69 Å². The summed E-state index contributed by atoms with van der Waals surface area (Å²) in [6.45, 7) is 1.88. The van der Waals surface area contributed by atoms with E-state index in [1.807, 2.05) is 6.92 Å². The first-order chi connectivity index (χ1) is 14.6. The fourth-order valence-electron chi connectivity index (χ4n) is 2.61. The SMILES string of the molecule is Cc1cc(Cl)ccc1NC(=O)CCc1nc(CSc2n[nH]c(-c3ccco3)n2)no1. The van der Waals surface area contributed by atoms with Gasteiger partial charge in [0, 0.05) is 23.6 Å². The molecule has 0 aliphatic heterocycles.